The first-order valence-electron chi connectivity index (χ1n) is 10.6. The maximum absolute atomic E-state index is 12.7. The van der Waals surface area contributed by atoms with Crippen LogP contribution in [0.4, 0.5) is 11.6 Å². The minimum atomic E-state index is -0.623. The number of rotatable bonds is 6. The minimum Gasteiger partial charge on any atom is -0.327 e. The highest BCUT2D eigenvalue weighted by atomic mass is 16.6. The van der Waals surface area contributed by atoms with Gasteiger partial charge in [-0.15, -0.1) is 0 Å². The molecule has 0 radical (unpaired) electrons. The number of nitro groups is 1. The molecule has 6 rings (SSSR count). The number of H-pyrrole nitrogens is 2. The molecule has 0 saturated heterocycles. The van der Waals surface area contributed by atoms with E-state index in [9.17, 15) is 14.9 Å². The van der Waals surface area contributed by atoms with E-state index in [4.69, 9.17) is 0 Å². The van der Waals surface area contributed by atoms with Gasteiger partial charge in [-0.3, -0.25) is 25.3 Å². The first-order valence-corrected chi connectivity index (χ1v) is 10.6. The average Bonchev–Trinajstić information content (AvgIpc) is 3.28. The molecule has 0 aliphatic heterocycles. The van der Waals surface area contributed by atoms with Gasteiger partial charge in [0, 0.05) is 11.1 Å². The first kappa shape index (κ1) is 18.3. The van der Waals surface area contributed by atoms with Crippen molar-refractivity contribution in [1.29, 1.82) is 0 Å². The number of nitrogens with one attached hydrogen (secondary N) is 3. The number of aromatic nitrogens is 4. The molecule has 154 valence electrons. The van der Waals surface area contributed by atoms with Crippen molar-refractivity contribution in [2.24, 2.45) is 17.8 Å². The van der Waals surface area contributed by atoms with Gasteiger partial charge in [0.05, 0.1) is 11.1 Å². The maximum atomic E-state index is 12.7. The Morgan fingerprint density at radius 2 is 1.93 bits per heavy atom. The summed E-state index contributed by atoms with van der Waals surface area (Å²) in [6.45, 7) is 1.92. The third-order valence-corrected chi connectivity index (χ3v) is 7.13. The van der Waals surface area contributed by atoms with E-state index in [1.807, 2.05) is 13.1 Å². The number of hydrogen-bond donors (Lipinski definition) is 3. The van der Waals surface area contributed by atoms with Crippen molar-refractivity contribution in [3.8, 4) is 0 Å². The monoisotopic (exact) mass is 398 g/mol. The highest BCUT2D eigenvalue weighted by Gasteiger charge is 2.52. The lowest BCUT2D eigenvalue weighted by Gasteiger charge is -2.56. The molecule has 0 atom stereocenters. The quantitative estimate of drug-likeness (QED) is 0.504. The third kappa shape index (κ3) is 3.03. The highest BCUT2D eigenvalue weighted by Crippen LogP contribution is 2.60. The van der Waals surface area contributed by atoms with E-state index in [0.717, 1.165) is 29.9 Å². The summed E-state index contributed by atoms with van der Waals surface area (Å²) in [5.41, 5.74) is 1.16. The van der Waals surface area contributed by atoms with Gasteiger partial charge in [0.2, 0.25) is 11.6 Å². The molecule has 0 spiro atoms. The Morgan fingerprint density at radius 3 is 2.52 bits per heavy atom. The molecule has 0 aromatic carbocycles. The van der Waals surface area contributed by atoms with Crippen LogP contribution in [-0.4, -0.2) is 31.0 Å². The second-order valence-electron chi connectivity index (χ2n) is 9.20. The van der Waals surface area contributed by atoms with E-state index < -0.39 is 10.8 Å². The summed E-state index contributed by atoms with van der Waals surface area (Å²) >= 11 is 0. The molecule has 2 aromatic rings. The van der Waals surface area contributed by atoms with Crippen molar-refractivity contribution >= 4 is 17.5 Å². The molecule has 0 unspecified atom stereocenters. The standard InChI is InChI=1S/C20H26N6O3/c1-2-3-14-17(26(28)29)16(25-24-14)18(27)23-19-21-10-15(22-19)20-7-11-4-12(8-20)6-13(5-11)9-20/h10-13H,2-9H2,1H3,(H,24,25)(H2,21,22,23,27). The number of anilines is 1. The molecule has 2 aromatic heterocycles. The van der Waals surface area contributed by atoms with Crippen molar-refractivity contribution in [3.63, 3.8) is 0 Å². The predicted molar refractivity (Wildman–Crippen MR) is 106 cm³/mol. The number of aromatic amines is 2. The lowest BCUT2D eigenvalue weighted by Crippen LogP contribution is -2.48. The molecule has 4 aliphatic carbocycles. The molecular formula is C20H26N6O3. The zero-order valence-corrected chi connectivity index (χ0v) is 16.5. The summed E-state index contributed by atoms with van der Waals surface area (Å²) in [5.74, 6) is 2.14. The number of nitrogens with zero attached hydrogens (tertiary/aromatic N) is 3. The van der Waals surface area contributed by atoms with Gasteiger partial charge in [0.25, 0.3) is 5.91 Å². The molecule has 2 heterocycles. The summed E-state index contributed by atoms with van der Waals surface area (Å²) in [6, 6.07) is 0. The van der Waals surface area contributed by atoms with Gasteiger partial charge in [0.1, 0.15) is 5.69 Å². The van der Waals surface area contributed by atoms with Crippen molar-refractivity contribution < 1.29 is 9.72 Å². The van der Waals surface area contributed by atoms with Crippen LogP contribution < -0.4 is 5.32 Å². The van der Waals surface area contributed by atoms with Crippen molar-refractivity contribution in [2.75, 3.05) is 5.32 Å². The Morgan fingerprint density at radius 1 is 1.28 bits per heavy atom. The smallest absolute Gasteiger partial charge is 0.322 e. The normalized spacial score (nSPS) is 29.9. The van der Waals surface area contributed by atoms with Crippen LogP contribution in [-0.2, 0) is 11.8 Å². The molecule has 29 heavy (non-hydrogen) atoms. The molecule has 4 bridgehead atoms. The summed E-state index contributed by atoms with van der Waals surface area (Å²) in [4.78, 5) is 31.2. The van der Waals surface area contributed by atoms with Crippen LogP contribution in [0.25, 0.3) is 0 Å². The van der Waals surface area contributed by atoms with E-state index in [1.54, 1.807) is 0 Å². The minimum absolute atomic E-state index is 0.150. The molecule has 9 nitrogen and oxygen atoms in total. The largest absolute Gasteiger partial charge is 0.327 e. The Bertz CT molecular complexity index is 926. The molecule has 1 amide bonds. The van der Waals surface area contributed by atoms with Crippen LogP contribution in [0.2, 0.25) is 0 Å². The Labute approximate surface area is 168 Å². The van der Waals surface area contributed by atoms with E-state index in [1.165, 1.54) is 38.5 Å². The van der Waals surface area contributed by atoms with Gasteiger partial charge in [-0.2, -0.15) is 5.10 Å². The Hall–Kier alpha value is -2.71. The molecule has 4 saturated carbocycles. The number of carbonyl (C=O) groups is 1. The van der Waals surface area contributed by atoms with Crippen LogP contribution in [0.1, 0.15) is 73.7 Å². The van der Waals surface area contributed by atoms with Gasteiger partial charge in [-0.1, -0.05) is 13.3 Å². The molecule has 4 aliphatic rings. The second-order valence-corrected chi connectivity index (χ2v) is 9.20. The van der Waals surface area contributed by atoms with Crippen LogP contribution in [0.15, 0.2) is 6.20 Å². The fourth-order valence-corrected chi connectivity index (χ4v) is 6.41. The maximum Gasteiger partial charge on any atom is 0.322 e. The molecule has 9 heteroatoms. The Balaban J connectivity index is 1.36. The lowest BCUT2D eigenvalue weighted by molar-refractivity contribution is -0.385. The fraction of sp³-hybridized carbons (Fsp3) is 0.650. The SMILES string of the molecule is CCCc1[nH]nc(C(=O)Nc2ncc(C34CC5CC(CC(C5)C3)C4)[nH]2)c1[N+](=O)[O-]. The van der Waals surface area contributed by atoms with Crippen LogP contribution in [0, 0.1) is 27.9 Å². The summed E-state index contributed by atoms with van der Waals surface area (Å²) in [5, 5.41) is 20.6. The zero-order chi connectivity index (χ0) is 20.2. The lowest BCUT2D eigenvalue weighted by atomic mass is 9.49. The zero-order valence-electron chi connectivity index (χ0n) is 16.5. The van der Waals surface area contributed by atoms with Gasteiger partial charge in [-0.25, -0.2) is 4.98 Å². The first-order chi connectivity index (χ1) is 14.0. The van der Waals surface area contributed by atoms with Gasteiger partial charge < -0.3 is 4.98 Å². The Kier molecular flexibility index (Phi) is 4.22. The fourth-order valence-electron chi connectivity index (χ4n) is 6.41. The summed E-state index contributed by atoms with van der Waals surface area (Å²) in [7, 11) is 0. The van der Waals surface area contributed by atoms with E-state index >= 15 is 0 Å². The van der Waals surface area contributed by atoms with E-state index in [2.05, 4.69) is 25.5 Å². The highest BCUT2D eigenvalue weighted by molar-refractivity contribution is 6.05. The molecule has 4 fully saturated rings. The number of hydrogen-bond acceptors (Lipinski definition) is 5. The second kappa shape index (κ2) is 6.67. The van der Waals surface area contributed by atoms with Gasteiger partial charge in [0.15, 0.2) is 0 Å². The van der Waals surface area contributed by atoms with Crippen LogP contribution >= 0.6 is 0 Å². The summed E-state index contributed by atoms with van der Waals surface area (Å²) in [6.07, 6.45) is 10.7. The number of aryl methyl sites for hydroxylation is 1. The predicted octanol–water partition coefficient (Wildman–Crippen LogP) is 3.71. The molecular weight excluding hydrogens is 372 g/mol. The van der Waals surface area contributed by atoms with Gasteiger partial charge >= 0.3 is 5.69 Å². The van der Waals surface area contributed by atoms with E-state index in [0.29, 0.717) is 18.1 Å². The van der Waals surface area contributed by atoms with Crippen LogP contribution in [0.5, 0.6) is 0 Å². The van der Waals surface area contributed by atoms with Crippen LogP contribution in [0.3, 0.4) is 0 Å². The number of carbonyl (C=O) groups excluding carboxylic acids is 1. The average molecular weight is 398 g/mol. The third-order valence-electron chi connectivity index (χ3n) is 7.13. The van der Waals surface area contributed by atoms with Crippen molar-refractivity contribution in [1.82, 2.24) is 20.2 Å². The number of imidazole rings is 1. The number of amides is 1. The molecule has 3 N–H and O–H groups in total. The van der Waals surface area contributed by atoms with Crippen molar-refractivity contribution in [3.05, 3.63) is 33.4 Å². The van der Waals surface area contributed by atoms with Gasteiger partial charge in [-0.05, 0) is 62.7 Å². The topological polar surface area (TPSA) is 130 Å². The summed E-state index contributed by atoms with van der Waals surface area (Å²) < 4.78 is 0. The van der Waals surface area contributed by atoms with E-state index in [-0.39, 0.29) is 16.8 Å². The van der Waals surface area contributed by atoms with Crippen molar-refractivity contribution in [2.45, 2.75) is 63.7 Å².